The highest BCUT2D eigenvalue weighted by atomic mass is 35.5. The molecule has 2 unspecified atom stereocenters. The normalized spacial score (nSPS) is 24.5. The minimum atomic E-state index is -0.739. The molecular weight excluding hydrogens is 293 g/mol. The third-order valence-electron chi connectivity index (χ3n) is 4.82. The molecule has 0 amide bonds. The van der Waals surface area contributed by atoms with E-state index in [9.17, 15) is 14.3 Å². The van der Waals surface area contributed by atoms with Crippen molar-refractivity contribution in [3.05, 3.63) is 34.6 Å². The number of likely N-dealkylation sites (tertiary alicyclic amines) is 1. The summed E-state index contributed by atoms with van der Waals surface area (Å²) < 4.78 is 13.1. The lowest BCUT2D eigenvalue weighted by Gasteiger charge is -2.31. The van der Waals surface area contributed by atoms with Crippen LogP contribution in [0.4, 0.5) is 4.39 Å². The molecule has 0 aromatic heterocycles. The van der Waals surface area contributed by atoms with Crippen molar-refractivity contribution in [1.29, 1.82) is 0 Å². The molecule has 1 aromatic rings. The summed E-state index contributed by atoms with van der Waals surface area (Å²) in [6.45, 7) is 7.09. The highest BCUT2D eigenvalue weighted by Gasteiger charge is 2.48. The van der Waals surface area contributed by atoms with Crippen molar-refractivity contribution in [3.63, 3.8) is 0 Å². The molecule has 21 heavy (non-hydrogen) atoms. The van der Waals surface area contributed by atoms with Crippen molar-refractivity contribution >= 4 is 17.6 Å². The van der Waals surface area contributed by atoms with Crippen molar-refractivity contribution < 1.29 is 14.3 Å². The van der Waals surface area contributed by atoms with Crippen molar-refractivity contribution in [2.24, 2.45) is 11.3 Å². The second-order valence-electron chi connectivity index (χ2n) is 6.18. The van der Waals surface area contributed by atoms with Crippen LogP contribution < -0.4 is 0 Å². The van der Waals surface area contributed by atoms with E-state index in [-0.39, 0.29) is 17.8 Å². The van der Waals surface area contributed by atoms with Crippen LogP contribution in [0.1, 0.15) is 38.8 Å². The van der Waals surface area contributed by atoms with Crippen LogP contribution in [0, 0.1) is 17.2 Å². The average Bonchev–Trinajstić information content (AvgIpc) is 2.84. The van der Waals surface area contributed by atoms with E-state index in [0.29, 0.717) is 24.5 Å². The lowest BCUT2D eigenvalue weighted by Crippen LogP contribution is -2.39. The third kappa shape index (κ3) is 2.92. The topological polar surface area (TPSA) is 40.5 Å². The fraction of sp³-hybridized carbons (Fsp3) is 0.562. The van der Waals surface area contributed by atoms with Gasteiger partial charge in [0, 0.05) is 17.6 Å². The van der Waals surface area contributed by atoms with E-state index in [1.165, 1.54) is 12.1 Å². The molecule has 0 bridgehead atoms. The van der Waals surface area contributed by atoms with Gasteiger partial charge in [-0.2, -0.15) is 0 Å². The molecule has 1 aromatic carbocycles. The first-order valence-corrected chi connectivity index (χ1v) is 7.58. The van der Waals surface area contributed by atoms with Gasteiger partial charge in [-0.3, -0.25) is 9.69 Å². The van der Waals surface area contributed by atoms with E-state index in [4.69, 9.17) is 11.6 Å². The molecule has 1 aliphatic rings. The maximum absolute atomic E-state index is 13.1. The number of carbonyl (C=O) groups is 1. The molecule has 3 nitrogen and oxygen atoms in total. The van der Waals surface area contributed by atoms with E-state index in [1.807, 2.05) is 20.8 Å². The highest BCUT2D eigenvalue weighted by molar-refractivity contribution is 6.31. The first kappa shape index (κ1) is 16.2. The summed E-state index contributed by atoms with van der Waals surface area (Å²) in [6, 6.07) is 4.34. The second-order valence-corrected chi connectivity index (χ2v) is 6.59. The molecule has 1 saturated heterocycles. The fourth-order valence-electron chi connectivity index (χ4n) is 3.12. The summed E-state index contributed by atoms with van der Waals surface area (Å²) >= 11 is 6.12. The van der Waals surface area contributed by atoms with E-state index in [0.717, 1.165) is 5.56 Å². The molecular formula is C16H21ClFNO2. The van der Waals surface area contributed by atoms with Crippen molar-refractivity contribution in [1.82, 2.24) is 4.90 Å². The van der Waals surface area contributed by atoms with E-state index < -0.39 is 11.4 Å². The quantitative estimate of drug-likeness (QED) is 0.914. The third-order valence-corrected chi connectivity index (χ3v) is 5.15. The molecule has 1 fully saturated rings. The Morgan fingerprint density at radius 1 is 1.43 bits per heavy atom. The van der Waals surface area contributed by atoms with Crippen molar-refractivity contribution in [3.8, 4) is 0 Å². The molecule has 1 aliphatic heterocycles. The first-order chi connectivity index (χ1) is 9.78. The Morgan fingerprint density at radius 3 is 2.57 bits per heavy atom. The number of aliphatic carboxylic acids is 1. The van der Waals surface area contributed by atoms with E-state index in [1.54, 1.807) is 6.07 Å². The lowest BCUT2D eigenvalue weighted by molar-refractivity contribution is -0.151. The zero-order chi connectivity index (χ0) is 15.8. The number of carboxylic acids is 1. The standard InChI is InChI=1S/C16H21ClFNO2/c1-10(2)16(15(20)21)6-7-19(9-16)11(3)13-5-4-12(18)8-14(13)17/h4-5,8,10-11H,6-7,9H2,1-3H3,(H,20,21). The monoisotopic (exact) mass is 313 g/mol. The summed E-state index contributed by atoms with van der Waals surface area (Å²) in [7, 11) is 0. The molecule has 0 saturated carbocycles. The SMILES string of the molecule is CC(c1ccc(F)cc1Cl)N1CCC(C(=O)O)(C(C)C)C1. The number of halogens is 2. The highest BCUT2D eigenvalue weighted by Crippen LogP contribution is 2.42. The van der Waals surface area contributed by atoms with Gasteiger partial charge < -0.3 is 5.11 Å². The van der Waals surface area contributed by atoms with Crippen LogP contribution in [0.25, 0.3) is 0 Å². The number of hydrogen-bond acceptors (Lipinski definition) is 2. The van der Waals surface area contributed by atoms with Gasteiger partial charge in [0.15, 0.2) is 0 Å². The molecule has 1 N–H and O–H groups in total. The Balaban J connectivity index is 2.22. The maximum Gasteiger partial charge on any atom is 0.311 e. The number of hydrogen-bond donors (Lipinski definition) is 1. The fourth-order valence-corrected chi connectivity index (χ4v) is 3.45. The summed E-state index contributed by atoms with van der Waals surface area (Å²) in [5.74, 6) is -1.03. The van der Waals surface area contributed by atoms with Crippen LogP contribution in [0.3, 0.4) is 0 Å². The van der Waals surface area contributed by atoms with E-state index in [2.05, 4.69) is 4.90 Å². The van der Waals surface area contributed by atoms with Crippen LogP contribution in [0.5, 0.6) is 0 Å². The summed E-state index contributed by atoms with van der Waals surface area (Å²) in [5.41, 5.74) is 0.129. The van der Waals surface area contributed by atoms with Crippen LogP contribution in [0.2, 0.25) is 5.02 Å². The Bertz CT molecular complexity index is 549. The van der Waals surface area contributed by atoms with Gasteiger partial charge in [0.05, 0.1) is 5.41 Å². The van der Waals surface area contributed by atoms with Crippen LogP contribution in [-0.2, 0) is 4.79 Å². The molecule has 0 aliphatic carbocycles. The van der Waals surface area contributed by atoms with Gasteiger partial charge in [-0.15, -0.1) is 0 Å². The molecule has 2 atom stereocenters. The average molecular weight is 314 g/mol. The summed E-state index contributed by atoms with van der Waals surface area (Å²) in [4.78, 5) is 13.8. The lowest BCUT2D eigenvalue weighted by atomic mass is 9.76. The minimum absolute atomic E-state index is 0.0296. The van der Waals surface area contributed by atoms with Crippen LogP contribution >= 0.6 is 11.6 Å². The van der Waals surface area contributed by atoms with Crippen LogP contribution in [0.15, 0.2) is 18.2 Å². The van der Waals surface area contributed by atoms with Gasteiger partial charge in [-0.05, 0) is 43.5 Å². The molecule has 0 spiro atoms. The number of rotatable bonds is 4. The zero-order valence-corrected chi connectivity index (χ0v) is 13.3. The molecule has 0 radical (unpaired) electrons. The predicted octanol–water partition coefficient (Wildman–Crippen LogP) is 3.97. The molecule has 2 rings (SSSR count). The second kappa shape index (κ2) is 5.93. The van der Waals surface area contributed by atoms with Gasteiger partial charge in [-0.1, -0.05) is 31.5 Å². The van der Waals surface area contributed by atoms with Gasteiger partial charge in [-0.25, -0.2) is 4.39 Å². The smallest absolute Gasteiger partial charge is 0.311 e. The predicted molar refractivity (Wildman–Crippen MR) is 80.9 cm³/mol. The maximum atomic E-state index is 13.1. The van der Waals surface area contributed by atoms with Crippen molar-refractivity contribution in [2.75, 3.05) is 13.1 Å². The summed E-state index contributed by atoms with van der Waals surface area (Å²) in [6.07, 6.45) is 0.628. The van der Waals surface area contributed by atoms with Gasteiger partial charge in [0.2, 0.25) is 0 Å². The number of benzene rings is 1. The zero-order valence-electron chi connectivity index (χ0n) is 12.6. The molecule has 5 heteroatoms. The first-order valence-electron chi connectivity index (χ1n) is 7.20. The summed E-state index contributed by atoms with van der Waals surface area (Å²) in [5, 5.41) is 9.98. The largest absolute Gasteiger partial charge is 0.481 e. The van der Waals surface area contributed by atoms with Crippen LogP contribution in [-0.4, -0.2) is 29.1 Å². The van der Waals surface area contributed by atoms with Gasteiger partial charge >= 0.3 is 5.97 Å². The number of carboxylic acid groups (broad SMARTS) is 1. The Labute approximate surface area is 129 Å². The van der Waals surface area contributed by atoms with E-state index >= 15 is 0 Å². The van der Waals surface area contributed by atoms with Gasteiger partial charge in [0.25, 0.3) is 0 Å². The Hall–Kier alpha value is -1.13. The molecule has 116 valence electrons. The van der Waals surface area contributed by atoms with Crippen molar-refractivity contribution in [2.45, 2.75) is 33.2 Å². The molecule has 1 heterocycles. The number of nitrogens with zero attached hydrogens (tertiary/aromatic N) is 1. The Kier molecular flexibility index (Phi) is 4.59. The van der Waals surface area contributed by atoms with Gasteiger partial charge in [0.1, 0.15) is 5.82 Å². The minimum Gasteiger partial charge on any atom is -0.481 e. The Morgan fingerprint density at radius 2 is 2.10 bits per heavy atom.